The number of benzene rings is 2. The van der Waals surface area contributed by atoms with Crippen LogP contribution in [0.25, 0.3) is 11.1 Å². The Labute approximate surface area is 351 Å². The van der Waals surface area contributed by atoms with Crippen molar-refractivity contribution in [3.63, 3.8) is 0 Å². The molecule has 0 spiro atoms. The molecule has 1 atom stereocenters. The van der Waals surface area contributed by atoms with Crippen LogP contribution < -0.4 is 5.32 Å². The number of amides is 1. The number of nitrogens with one attached hydrogen (secondary N) is 1. The van der Waals surface area contributed by atoms with Crippen LogP contribution in [0.4, 0.5) is 4.79 Å². The Morgan fingerprint density at radius 1 is 0.475 bits per heavy atom. The maximum absolute atomic E-state index is 12.3. The minimum Gasteiger partial charge on any atom is -0.449 e. The predicted octanol–water partition coefficient (Wildman–Crippen LogP) is 4.77. The lowest BCUT2D eigenvalue weighted by atomic mass is 9.98. The summed E-state index contributed by atoms with van der Waals surface area (Å²) in [7, 11) is 0. The van der Waals surface area contributed by atoms with Gasteiger partial charge in [0.15, 0.2) is 0 Å². The minimum absolute atomic E-state index is 0.0356. The first-order chi connectivity index (χ1) is 29.2. The lowest BCUT2D eigenvalue weighted by molar-refractivity contribution is -0.0285. The highest BCUT2D eigenvalue weighted by molar-refractivity contribution is 5.79. The molecule has 0 bridgehead atoms. The summed E-state index contributed by atoms with van der Waals surface area (Å²) in [6.07, 6.45) is 0.675. The van der Waals surface area contributed by atoms with Gasteiger partial charge in [-0.15, -0.1) is 0 Å². The van der Waals surface area contributed by atoms with Gasteiger partial charge in [-0.2, -0.15) is 0 Å². The monoisotopic (exact) mass is 837 g/mol. The zero-order valence-corrected chi connectivity index (χ0v) is 35.6. The Balaban J connectivity index is 0.925. The zero-order chi connectivity index (χ0) is 41.7. The molecular formula is C44H71NO14. The zero-order valence-electron chi connectivity index (χ0n) is 35.6. The lowest BCUT2D eigenvalue weighted by Crippen LogP contribution is -2.29. The van der Waals surface area contributed by atoms with Crippen molar-refractivity contribution < 1.29 is 66.4 Å². The quantitative estimate of drug-likeness (QED) is 0.0917. The maximum Gasteiger partial charge on any atom is 0.407 e. The van der Waals surface area contributed by atoms with E-state index in [1.54, 1.807) is 0 Å². The molecule has 2 aromatic rings. The summed E-state index contributed by atoms with van der Waals surface area (Å²) in [4.78, 5) is 12.3. The standard InChI is InChI=1S/C44H71NO14/c1-3-38(2)36-58-35-34-57-33-32-56-31-30-55-29-28-54-27-26-53-25-24-52-23-22-51-21-20-50-19-18-49-17-16-48-15-14-47-13-12-45-44(46)59-37-43-41-10-6-4-8-39(41)40-9-5-7-11-42(40)43/h4-11,38,43H,3,12-37H2,1-2H3,(H,45,46). The van der Waals surface area contributed by atoms with Crippen LogP contribution in [0, 0.1) is 5.92 Å². The third-order valence-corrected chi connectivity index (χ3v) is 9.05. The Bertz CT molecular complexity index is 1240. The summed E-state index contributed by atoms with van der Waals surface area (Å²) in [6, 6.07) is 16.5. The van der Waals surface area contributed by atoms with Gasteiger partial charge in [0.1, 0.15) is 6.61 Å². The van der Waals surface area contributed by atoms with Gasteiger partial charge in [-0.05, 0) is 28.2 Å². The van der Waals surface area contributed by atoms with E-state index < -0.39 is 6.09 Å². The van der Waals surface area contributed by atoms with Crippen molar-refractivity contribution in [1.29, 1.82) is 0 Å². The molecule has 59 heavy (non-hydrogen) atoms. The first-order valence-corrected chi connectivity index (χ1v) is 21.2. The topological polar surface area (TPSA) is 149 Å². The second kappa shape index (κ2) is 35.9. The molecule has 2 aromatic carbocycles. The molecule has 15 nitrogen and oxygen atoms in total. The van der Waals surface area contributed by atoms with Gasteiger partial charge in [-0.3, -0.25) is 0 Å². The van der Waals surface area contributed by atoms with Gasteiger partial charge in [0, 0.05) is 19.1 Å². The summed E-state index contributed by atoms with van der Waals surface area (Å²) < 4.78 is 71.7. The number of fused-ring (bicyclic) bond motifs is 3. The van der Waals surface area contributed by atoms with E-state index >= 15 is 0 Å². The van der Waals surface area contributed by atoms with Gasteiger partial charge in [0.25, 0.3) is 0 Å². The molecule has 0 saturated carbocycles. The molecular weight excluding hydrogens is 766 g/mol. The van der Waals surface area contributed by atoms with Gasteiger partial charge in [-0.25, -0.2) is 4.79 Å². The van der Waals surface area contributed by atoms with Crippen LogP contribution in [-0.2, 0) is 61.6 Å². The van der Waals surface area contributed by atoms with E-state index in [4.69, 9.17) is 61.6 Å². The Morgan fingerprint density at radius 3 is 1.12 bits per heavy atom. The fourth-order valence-corrected chi connectivity index (χ4v) is 5.70. The highest BCUT2D eigenvalue weighted by Gasteiger charge is 2.29. The molecule has 1 N–H and O–H groups in total. The van der Waals surface area contributed by atoms with E-state index in [1.165, 1.54) is 22.3 Å². The van der Waals surface area contributed by atoms with Crippen LogP contribution in [0.15, 0.2) is 48.5 Å². The van der Waals surface area contributed by atoms with E-state index in [0.717, 1.165) is 13.0 Å². The predicted molar refractivity (Wildman–Crippen MR) is 222 cm³/mol. The fraction of sp³-hybridized carbons (Fsp3) is 0.705. The maximum atomic E-state index is 12.3. The third-order valence-electron chi connectivity index (χ3n) is 9.05. The van der Waals surface area contributed by atoms with Crippen molar-refractivity contribution in [3.8, 4) is 11.1 Å². The van der Waals surface area contributed by atoms with Crippen LogP contribution in [0.1, 0.15) is 37.3 Å². The number of rotatable bonds is 41. The fourth-order valence-electron chi connectivity index (χ4n) is 5.70. The molecule has 0 fully saturated rings. The van der Waals surface area contributed by atoms with E-state index in [2.05, 4.69) is 43.4 Å². The molecule has 336 valence electrons. The van der Waals surface area contributed by atoms with Crippen LogP contribution in [0.2, 0.25) is 0 Å². The molecule has 1 aliphatic rings. The van der Waals surface area contributed by atoms with Crippen LogP contribution in [0.3, 0.4) is 0 Å². The first kappa shape index (κ1) is 50.6. The van der Waals surface area contributed by atoms with Crippen LogP contribution in [0.5, 0.6) is 0 Å². The van der Waals surface area contributed by atoms with E-state index in [1.807, 2.05) is 24.3 Å². The Morgan fingerprint density at radius 2 is 0.780 bits per heavy atom. The molecule has 1 unspecified atom stereocenters. The molecule has 0 heterocycles. The van der Waals surface area contributed by atoms with Gasteiger partial charge < -0.3 is 66.9 Å². The molecule has 0 saturated heterocycles. The van der Waals surface area contributed by atoms with Crippen molar-refractivity contribution in [1.82, 2.24) is 5.32 Å². The van der Waals surface area contributed by atoms with Crippen molar-refractivity contribution in [2.45, 2.75) is 26.2 Å². The van der Waals surface area contributed by atoms with Crippen LogP contribution in [-0.4, -0.2) is 178 Å². The van der Waals surface area contributed by atoms with E-state index in [9.17, 15) is 4.79 Å². The second-order valence-corrected chi connectivity index (χ2v) is 13.6. The van der Waals surface area contributed by atoms with Gasteiger partial charge in [-0.1, -0.05) is 68.8 Å². The van der Waals surface area contributed by atoms with Crippen molar-refractivity contribution in [2.24, 2.45) is 5.92 Å². The summed E-state index contributed by atoms with van der Waals surface area (Å²) in [6.45, 7) is 17.2. The van der Waals surface area contributed by atoms with Crippen molar-refractivity contribution >= 4 is 6.09 Å². The largest absolute Gasteiger partial charge is 0.449 e. The number of hydrogen-bond donors (Lipinski definition) is 1. The van der Waals surface area contributed by atoms with Gasteiger partial charge >= 0.3 is 6.09 Å². The van der Waals surface area contributed by atoms with Gasteiger partial charge in [0.2, 0.25) is 0 Å². The molecule has 3 rings (SSSR count). The molecule has 1 amide bonds. The first-order valence-electron chi connectivity index (χ1n) is 21.2. The average molecular weight is 838 g/mol. The highest BCUT2D eigenvalue weighted by Crippen LogP contribution is 2.44. The molecule has 0 radical (unpaired) electrons. The summed E-state index contributed by atoms with van der Waals surface area (Å²) in [5.74, 6) is 0.627. The number of alkyl carbamates (subject to hydrolysis) is 1. The lowest BCUT2D eigenvalue weighted by Gasteiger charge is -2.14. The van der Waals surface area contributed by atoms with E-state index in [-0.39, 0.29) is 12.5 Å². The average Bonchev–Trinajstić information content (AvgIpc) is 3.58. The SMILES string of the molecule is CCC(C)COCCOCCOCCOCCOCCOCCOCCOCCOCCOCCOCCOCCNC(=O)OCC1c2ccccc2-c2ccccc21. The summed E-state index contributed by atoms with van der Waals surface area (Å²) >= 11 is 0. The highest BCUT2D eigenvalue weighted by atomic mass is 16.6. The molecule has 15 heteroatoms. The minimum atomic E-state index is -0.453. The van der Waals surface area contributed by atoms with E-state index in [0.29, 0.717) is 164 Å². The number of ether oxygens (including phenoxy) is 13. The number of carbonyl (C=O) groups is 1. The molecule has 0 aromatic heterocycles. The van der Waals surface area contributed by atoms with Crippen molar-refractivity contribution in [3.05, 3.63) is 59.7 Å². The normalized spacial score (nSPS) is 12.8. The summed E-state index contributed by atoms with van der Waals surface area (Å²) in [5.41, 5.74) is 4.77. The van der Waals surface area contributed by atoms with Crippen LogP contribution >= 0.6 is 0 Å². The van der Waals surface area contributed by atoms with Crippen molar-refractivity contribution in [2.75, 3.05) is 172 Å². The molecule has 0 aliphatic heterocycles. The molecule has 1 aliphatic carbocycles. The smallest absolute Gasteiger partial charge is 0.407 e. The Hall–Kier alpha value is -2.77. The Kier molecular flexibility index (Phi) is 30.8. The second-order valence-electron chi connectivity index (χ2n) is 13.6. The third kappa shape index (κ3) is 24.9. The number of carbonyl (C=O) groups excluding carboxylic acids is 1. The summed E-state index contributed by atoms with van der Waals surface area (Å²) in [5, 5.41) is 2.75. The number of hydrogen-bond acceptors (Lipinski definition) is 14. The van der Waals surface area contributed by atoms with Gasteiger partial charge in [0.05, 0.1) is 152 Å².